The minimum absolute atomic E-state index is 0.109. The van der Waals surface area contributed by atoms with E-state index in [0.717, 1.165) is 17.7 Å². The van der Waals surface area contributed by atoms with E-state index in [9.17, 15) is 4.79 Å². The van der Waals surface area contributed by atoms with Crippen molar-refractivity contribution >= 4 is 23.2 Å². The summed E-state index contributed by atoms with van der Waals surface area (Å²) in [5.74, 6) is 1.18. The number of anilines is 1. The lowest BCUT2D eigenvalue weighted by Crippen LogP contribution is -2.40. The molecule has 0 radical (unpaired) electrons. The second kappa shape index (κ2) is 8.77. The van der Waals surface area contributed by atoms with Crippen LogP contribution in [0.2, 0.25) is 5.02 Å². The van der Waals surface area contributed by atoms with Crippen LogP contribution in [0, 0.1) is 0 Å². The number of carbonyl (C=O) groups is 1. The molecule has 0 aromatic heterocycles. The van der Waals surface area contributed by atoms with Gasteiger partial charge < -0.3 is 14.4 Å². The van der Waals surface area contributed by atoms with Crippen molar-refractivity contribution in [3.8, 4) is 11.5 Å². The van der Waals surface area contributed by atoms with Crippen molar-refractivity contribution in [2.75, 3.05) is 19.1 Å². The fraction of sp³-hybridized carbons (Fsp3) is 0.350. The molecule has 1 amide bonds. The maximum atomic E-state index is 12.9. The van der Waals surface area contributed by atoms with Gasteiger partial charge in [0.25, 0.3) is 5.91 Å². The zero-order valence-electron chi connectivity index (χ0n) is 15.1. The summed E-state index contributed by atoms with van der Waals surface area (Å²) >= 11 is 6.26. The van der Waals surface area contributed by atoms with Crippen LogP contribution >= 0.6 is 11.6 Å². The first-order valence-electron chi connectivity index (χ1n) is 8.37. The van der Waals surface area contributed by atoms with Crippen molar-refractivity contribution < 1.29 is 14.3 Å². The van der Waals surface area contributed by atoms with Gasteiger partial charge >= 0.3 is 0 Å². The Kier molecular flexibility index (Phi) is 6.71. The van der Waals surface area contributed by atoms with Gasteiger partial charge in [0.15, 0.2) is 6.10 Å². The number of hydrogen-bond donors (Lipinski definition) is 0. The highest BCUT2D eigenvalue weighted by molar-refractivity contribution is 6.32. The molecule has 134 valence electrons. The van der Waals surface area contributed by atoms with Crippen LogP contribution in [0.25, 0.3) is 0 Å². The zero-order valence-corrected chi connectivity index (χ0v) is 15.8. The van der Waals surface area contributed by atoms with Crippen molar-refractivity contribution in [3.05, 3.63) is 53.1 Å². The Hall–Kier alpha value is -2.20. The van der Waals surface area contributed by atoms with E-state index in [0.29, 0.717) is 22.9 Å². The van der Waals surface area contributed by atoms with Gasteiger partial charge in [0, 0.05) is 12.7 Å². The Bertz CT molecular complexity index is 718. The number of methoxy groups -OCH3 is 1. The molecule has 0 bridgehead atoms. The van der Waals surface area contributed by atoms with Crippen LogP contribution in [0.1, 0.15) is 25.8 Å². The lowest BCUT2D eigenvalue weighted by Gasteiger charge is -2.26. The van der Waals surface area contributed by atoms with Gasteiger partial charge in [-0.3, -0.25) is 4.79 Å². The smallest absolute Gasteiger partial charge is 0.267 e. The number of halogens is 1. The molecule has 0 aliphatic heterocycles. The van der Waals surface area contributed by atoms with Crippen molar-refractivity contribution in [2.24, 2.45) is 0 Å². The number of hydrogen-bond acceptors (Lipinski definition) is 3. The first-order chi connectivity index (χ1) is 12.0. The molecule has 2 aromatic carbocycles. The number of amides is 1. The summed E-state index contributed by atoms with van der Waals surface area (Å²) in [6, 6.07) is 13.0. The third-order valence-electron chi connectivity index (χ3n) is 4.09. The molecule has 4 nitrogen and oxygen atoms in total. The molecule has 1 atom stereocenters. The van der Waals surface area contributed by atoms with E-state index in [1.165, 1.54) is 0 Å². The summed E-state index contributed by atoms with van der Waals surface area (Å²) in [6.07, 6.45) is 0.776. The minimum atomic E-state index is -0.557. The highest BCUT2D eigenvalue weighted by Gasteiger charge is 2.25. The largest absolute Gasteiger partial charge is 0.495 e. The average Bonchev–Trinajstić information content (AvgIpc) is 2.65. The van der Waals surface area contributed by atoms with Gasteiger partial charge in [-0.05, 0) is 42.7 Å². The van der Waals surface area contributed by atoms with Gasteiger partial charge in [0.2, 0.25) is 0 Å². The summed E-state index contributed by atoms with van der Waals surface area (Å²) in [4.78, 5) is 14.6. The Balaban J connectivity index is 2.27. The molecule has 0 aliphatic rings. The topological polar surface area (TPSA) is 38.8 Å². The van der Waals surface area contributed by atoms with Crippen molar-refractivity contribution in [1.82, 2.24) is 0 Å². The Labute approximate surface area is 154 Å². The van der Waals surface area contributed by atoms with Gasteiger partial charge in [-0.15, -0.1) is 0 Å². The first-order valence-corrected chi connectivity index (χ1v) is 8.75. The van der Waals surface area contributed by atoms with Crippen LogP contribution in [0.4, 0.5) is 5.69 Å². The molecule has 5 heteroatoms. The molecule has 0 fully saturated rings. The van der Waals surface area contributed by atoms with Crippen molar-refractivity contribution in [3.63, 3.8) is 0 Å². The van der Waals surface area contributed by atoms with Crippen molar-refractivity contribution in [2.45, 2.75) is 32.8 Å². The van der Waals surface area contributed by atoms with Gasteiger partial charge in [0.1, 0.15) is 11.5 Å². The van der Waals surface area contributed by atoms with E-state index in [1.807, 2.05) is 50.2 Å². The maximum absolute atomic E-state index is 12.9. The molecular weight excluding hydrogens is 338 g/mol. The van der Waals surface area contributed by atoms with Crippen LogP contribution in [0.5, 0.6) is 11.5 Å². The number of benzene rings is 2. The van der Waals surface area contributed by atoms with Crippen LogP contribution in [-0.2, 0) is 11.2 Å². The highest BCUT2D eigenvalue weighted by Crippen LogP contribution is 2.33. The number of ether oxygens (including phenoxy) is 2. The summed E-state index contributed by atoms with van der Waals surface area (Å²) in [7, 11) is 3.33. The zero-order chi connectivity index (χ0) is 18.4. The number of nitrogens with zero attached hydrogens (tertiary/aromatic N) is 1. The molecule has 0 aliphatic carbocycles. The Morgan fingerprint density at radius 3 is 2.44 bits per heavy atom. The molecule has 0 saturated heterocycles. The molecular formula is C20H24ClNO3. The Morgan fingerprint density at radius 1 is 1.20 bits per heavy atom. The third-order valence-corrected chi connectivity index (χ3v) is 4.39. The van der Waals surface area contributed by atoms with E-state index in [-0.39, 0.29) is 5.91 Å². The molecule has 0 N–H and O–H groups in total. The van der Waals surface area contributed by atoms with E-state index >= 15 is 0 Å². The second-order valence-electron chi connectivity index (χ2n) is 5.69. The predicted molar refractivity (Wildman–Crippen MR) is 102 cm³/mol. The van der Waals surface area contributed by atoms with E-state index in [2.05, 4.69) is 0 Å². The number of likely N-dealkylation sites (N-methyl/N-ethyl adjacent to an activating group) is 1. The fourth-order valence-corrected chi connectivity index (χ4v) is 2.88. The van der Waals surface area contributed by atoms with Crippen LogP contribution in [0.3, 0.4) is 0 Å². The van der Waals surface area contributed by atoms with Gasteiger partial charge in [-0.1, -0.05) is 43.6 Å². The van der Waals surface area contributed by atoms with Gasteiger partial charge in [-0.2, -0.15) is 0 Å². The lowest BCUT2D eigenvalue weighted by atomic mass is 10.1. The normalized spacial score (nSPS) is 11.7. The predicted octanol–water partition coefficient (Wildman–Crippen LogP) is 4.73. The number of para-hydroxylation sites is 1. The molecule has 0 saturated carbocycles. The second-order valence-corrected chi connectivity index (χ2v) is 6.10. The SMILES string of the molecule is CCc1cc(OC)c(Cl)cc1N(C)C(=O)C(CC)Oc1ccccc1. The number of aryl methyl sites for hydroxylation is 1. The fourth-order valence-electron chi connectivity index (χ4n) is 2.64. The molecule has 25 heavy (non-hydrogen) atoms. The van der Waals surface area contributed by atoms with E-state index < -0.39 is 6.10 Å². The van der Waals surface area contributed by atoms with Crippen LogP contribution in [0.15, 0.2) is 42.5 Å². The lowest BCUT2D eigenvalue weighted by molar-refractivity contribution is -0.125. The molecule has 0 spiro atoms. The minimum Gasteiger partial charge on any atom is -0.495 e. The van der Waals surface area contributed by atoms with E-state index in [1.54, 1.807) is 25.1 Å². The maximum Gasteiger partial charge on any atom is 0.267 e. The average molecular weight is 362 g/mol. The first kappa shape index (κ1) is 19.1. The summed E-state index contributed by atoms with van der Waals surface area (Å²) in [5.41, 5.74) is 1.76. The van der Waals surface area contributed by atoms with E-state index in [4.69, 9.17) is 21.1 Å². The summed E-state index contributed by atoms with van der Waals surface area (Å²) < 4.78 is 11.1. The highest BCUT2D eigenvalue weighted by atomic mass is 35.5. The molecule has 1 unspecified atom stereocenters. The quantitative estimate of drug-likeness (QED) is 0.715. The van der Waals surface area contributed by atoms with Crippen LogP contribution < -0.4 is 14.4 Å². The molecule has 2 aromatic rings. The standard InChI is InChI=1S/C20H24ClNO3/c1-5-14-12-19(24-4)16(21)13-17(14)22(3)20(23)18(6-2)25-15-10-8-7-9-11-15/h7-13,18H,5-6H2,1-4H3. The number of carbonyl (C=O) groups excluding carboxylic acids is 1. The molecule has 0 heterocycles. The van der Waals surface area contributed by atoms with Gasteiger partial charge in [0.05, 0.1) is 12.1 Å². The number of rotatable bonds is 7. The Morgan fingerprint density at radius 2 is 1.88 bits per heavy atom. The molecule has 2 rings (SSSR count). The summed E-state index contributed by atoms with van der Waals surface area (Å²) in [5, 5.41) is 0.478. The third kappa shape index (κ3) is 4.45. The van der Waals surface area contributed by atoms with Gasteiger partial charge in [-0.25, -0.2) is 0 Å². The summed E-state index contributed by atoms with van der Waals surface area (Å²) in [6.45, 7) is 3.96. The van der Waals surface area contributed by atoms with Crippen LogP contribution in [-0.4, -0.2) is 26.2 Å². The van der Waals surface area contributed by atoms with Crippen molar-refractivity contribution in [1.29, 1.82) is 0 Å². The monoisotopic (exact) mass is 361 g/mol.